The quantitative estimate of drug-likeness (QED) is 0.841. The van der Waals surface area contributed by atoms with Crippen LogP contribution in [0.2, 0.25) is 0 Å². The van der Waals surface area contributed by atoms with Crippen molar-refractivity contribution >= 4 is 15.7 Å². The highest BCUT2D eigenvalue weighted by Crippen LogP contribution is 2.26. The zero-order chi connectivity index (χ0) is 15.6. The minimum Gasteiger partial charge on any atom is -0.342 e. The Kier molecular flexibility index (Phi) is 4.47. The van der Waals surface area contributed by atoms with Crippen LogP contribution in [0, 0.1) is 11.8 Å². The largest absolute Gasteiger partial charge is 0.342 e. The van der Waals surface area contributed by atoms with Gasteiger partial charge in [0, 0.05) is 25.5 Å². The summed E-state index contributed by atoms with van der Waals surface area (Å²) in [4.78, 5) is 18.3. The zero-order valence-corrected chi connectivity index (χ0v) is 13.5. The number of rotatable bonds is 3. The average molecular weight is 322 g/mol. The Labute approximate surface area is 131 Å². The summed E-state index contributed by atoms with van der Waals surface area (Å²) in [5.74, 6) is 0.550. The van der Waals surface area contributed by atoms with Gasteiger partial charge in [0.25, 0.3) is 0 Å². The maximum atomic E-state index is 12.4. The molecule has 3 rings (SSSR count). The number of aromatic nitrogens is 1. The second-order valence-electron chi connectivity index (χ2n) is 6.43. The van der Waals surface area contributed by atoms with Crippen LogP contribution in [-0.2, 0) is 21.1 Å². The molecule has 2 saturated heterocycles. The minimum atomic E-state index is -2.98. The summed E-state index contributed by atoms with van der Waals surface area (Å²) in [7, 11) is -2.98. The van der Waals surface area contributed by atoms with E-state index in [1.807, 2.05) is 29.4 Å². The average Bonchev–Trinajstić information content (AvgIpc) is 2.88. The van der Waals surface area contributed by atoms with Crippen molar-refractivity contribution in [3.05, 3.63) is 30.1 Å². The van der Waals surface area contributed by atoms with E-state index >= 15 is 0 Å². The van der Waals surface area contributed by atoms with Gasteiger partial charge in [-0.2, -0.15) is 0 Å². The monoisotopic (exact) mass is 322 g/mol. The number of pyridine rings is 1. The third-order valence-electron chi connectivity index (χ3n) is 4.78. The molecule has 0 N–H and O–H groups in total. The molecule has 5 nitrogen and oxygen atoms in total. The molecular weight excluding hydrogens is 300 g/mol. The molecule has 0 spiro atoms. The minimum absolute atomic E-state index is 0.0444. The molecule has 6 heteroatoms. The van der Waals surface area contributed by atoms with Gasteiger partial charge >= 0.3 is 0 Å². The molecular formula is C16H22N2O3S. The molecule has 2 fully saturated rings. The number of hydrogen-bond acceptors (Lipinski definition) is 4. The first-order chi connectivity index (χ1) is 10.5. The molecule has 1 amide bonds. The fraction of sp³-hybridized carbons (Fsp3) is 0.625. The molecule has 0 radical (unpaired) electrons. The lowest BCUT2D eigenvalue weighted by Gasteiger charge is -2.33. The van der Waals surface area contributed by atoms with E-state index in [4.69, 9.17) is 0 Å². The van der Waals surface area contributed by atoms with E-state index < -0.39 is 9.84 Å². The zero-order valence-electron chi connectivity index (χ0n) is 12.6. The second kappa shape index (κ2) is 6.36. The van der Waals surface area contributed by atoms with Crippen molar-refractivity contribution in [3.63, 3.8) is 0 Å². The van der Waals surface area contributed by atoms with Gasteiger partial charge in [0.05, 0.1) is 17.4 Å². The maximum absolute atomic E-state index is 12.4. The van der Waals surface area contributed by atoms with Crippen molar-refractivity contribution in [2.75, 3.05) is 24.6 Å². The molecule has 0 saturated carbocycles. The van der Waals surface area contributed by atoms with E-state index in [0.717, 1.165) is 32.4 Å². The Balaban J connectivity index is 1.50. The summed E-state index contributed by atoms with van der Waals surface area (Å²) in [5, 5.41) is 0. The van der Waals surface area contributed by atoms with Crippen molar-refractivity contribution in [2.24, 2.45) is 11.8 Å². The van der Waals surface area contributed by atoms with Crippen molar-refractivity contribution in [1.29, 1.82) is 0 Å². The van der Waals surface area contributed by atoms with Crippen LogP contribution in [0.5, 0.6) is 0 Å². The number of piperidine rings is 1. The van der Waals surface area contributed by atoms with Crippen molar-refractivity contribution < 1.29 is 13.2 Å². The molecule has 2 aliphatic heterocycles. The van der Waals surface area contributed by atoms with Crippen molar-refractivity contribution in [1.82, 2.24) is 9.88 Å². The molecule has 2 aliphatic rings. The second-order valence-corrected chi connectivity index (χ2v) is 8.66. The molecule has 120 valence electrons. The molecule has 0 aliphatic carbocycles. The van der Waals surface area contributed by atoms with E-state index in [1.165, 1.54) is 5.56 Å². The van der Waals surface area contributed by atoms with E-state index in [9.17, 15) is 13.2 Å². The Hall–Kier alpha value is -1.43. The molecule has 3 heterocycles. The summed E-state index contributed by atoms with van der Waals surface area (Å²) in [6.45, 7) is 1.51. The third-order valence-corrected chi connectivity index (χ3v) is 6.55. The van der Waals surface area contributed by atoms with E-state index in [2.05, 4.69) is 4.98 Å². The molecule has 22 heavy (non-hydrogen) atoms. The summed E-state index contributed by atoms with van der Waals surface area (Å²) >= 11 is 0. The molecule has 0 bridgehead atoms. The van der Waals surface area contributed by atoms with Gasteiger partial charge in [-0.25, -0.2) is 8.42 Å². The van der Waals surface area contributed by atoms with Crippen molar-refractivity contribution in [2.45, 2.75) is 25.7 Å². The summed E-state index contributed by atoms with van der Waals surface area (Å²) in [5.41, 5.74) is 1.29. The summed E-state index contributed by atoms with van der Waals surface area (Å²) in [6, 6.07) is 4.09. The van der Waals surface area contributed by atoms with Gasteiger partial charge in [0.15, 0.2) is 9.84 Å². The number of likely N-dealkylation sites (tertiary alicyclic amines) is 1. The first kappa shape index (κ1) is 15.5. The van der Waals surface area contributed by atoms with Crippen LogP contribution in [0.25, 0.3) is 0 Å². The van der Waals surface area contributed by atoms with Gasteiger partial charge in [-0.3, -0.25) is 9.78 Å². The van der Waals surface area contributed by atoms with Gasteiger partial charge in [-0.15, -0.1) is 0 Å². The van der Waals surface area contributed by atoms with E-state index in [-0.39, 0.29) is 23.3 Å². The topological polar surface area (TPSA) is 67.3 Å². The lowest BCUT2D eigenvalue weighted by molar-refractivity contribution is -0.136. The molecule has 0 aromatic carbocycles. The van der Waals surface area contributed by atoms with Crippen LogP contribution in [-0.4, -0.2) is 48.8 Å². The fourth-order valence-electron chi connectivity index (χ4n) is 3.46. The lowest BCUT2D eigenvalue weighted by atomic mass is 9.90. The van der Waals surface area contributed by atoms with E-state index in [1.54, 1.807) is 0 Å². The Morgan fingerprint density at radius 1 is 1.18 bits per heavy atom. The normalized spacial score (nSPS) is 25.3. The molecule has 1 atom stereocenters. The summed E-state index contributed by atoms with van der Waals surface area (Å²) < 4.78 is 23.0. The Bertz CT molecular complexity index is 622. The van der Waals surface area contributed by atoms with Crippen LogP contribution >= 0.6 is 0 Å². The molecule has 1 aromatic heterocycles. The van der Waals surface area contributed by atoms with Gasteiger partial charge in [-0.1, -0.05) is 0 Å². The number of carbonyl (C=O) groups excluding carboxylic acids is 1. The fourth-order valence-corrected chi connectivity index (χ4v) is 5.19. The SMILES string of the molecule is O=C(C1CCS(=O)(=O)C1)N1CCC(Cc2ccncc2)CC1. The van der Waals surface area contributed by atoms with Crippen LogP contribution < -0.4 is 0 Å². The van der Waals surface area contributed by atoms with Crippen LogP contribution in [0.1, 0.15) is 24.8 Å². The number of sulfone groups is 1. The highest BCUT2D eigenvalue weighted by atomic mass is 32.2. The van der Waals surface area contributed by atoms with Gasteiger partial charge in [0.1, 0.15) is 0 Å². The highest BCUT2D eigenvalue weighted by molar-refractivity contribution is 7.91. The predicted molar refractivity (Wildman–Crippen MR) is 84.0 cm³/mol. The number of amides is 1. The Morgan fingerprint density at radius 3 is 2.45 bits per heavy atom. The van der Waals surface area contributed by atoms with E-state index in [0.29, 0.717) is 12.3 Å². The van der Waals surface area contributed by atoms with Gasteiger partial charge in [-0.05, 0) is 49.3 Å². The van der Waals surface area contributed by atoms with Crippen LogP contribution in [0.15, 0.2) is 24.5 Å². The van der Waals surface area contributed by atoms with Gasteiger partial charge < -0.3 is 4.90 Å². The predicted octanol–water partition coefficient (Wildman–Crippen LogP) is 1.30. The van der Waals surface area contributed by atoms with Crippen LogP contribution in [0.3, 0.4) is 0 Å². The standard InChI is InChI=1S/C16H22N2O3S/c19-16(15-5-10-22(20,21)12-15)18-8-3-14(4-9-18)11-13-1-6-17-7-2-13/h1-2,6-7,14-15H,3-5,8-12H2. The van der Waals surface area contributed by atoms with Crippen LogP contribution in [0.4, 0.5) is 0 Å². The van der Waals surface area contributed by atoms with Crippen molar-refractivity contribution in [3.8, 4) is 0 Å². The number of carbonyl (C=O) groups is 1. The first-order valence-corrected chi connectivity index (χ1v) is 9.74. The maximum Gasteiger partial charge on any atom is 0.226 e. The summed E-state index contributed by atoms with van der Waals surface area (Å²) in [6.07, 6.45) is 7.14. The highest BCUT2D eigenvalue weighted by Gasteiger charge is 2.36. The third kappa shape index (κ3) is 3.66. The number of hydrogen-bond donors (Lipinski definition) is 0. The molecule has 1 unspecified atom stereocenters. The lowest BCUT2D eigenvalue weighted by Crippen LogP contribution is -2.42. The number of nitrogens with zero attached hydrogens (tertiary/aromatic N) is 2. The molecule has 1 aromatic rings. The first-order valence-electron chi connectivity index (χ1n) is 7.91. The smallest absolute Gasteiger partial charge is 0.226 e. The van der Waals surface area contributed by atoms with Gasteiger partial charge in [0.2, 0.25) is 5.91 Å². The Morgan fingerprint density at radius 2 is 1.86 bits per heavy atom.